The minimum absolute atomic E-state index is 0.332. The largest absolute Gasteiger partial charge is 0.315 e. The molecule has 0 spiro atoms. The van der Waals surface area contributed by atoms with Crippen molar-refractivity contribution >= 4 is 11.8 Å². The highest BCUT2D eigenvalue weighted by Crippen LogP contribution is 2.19. The van der Waals surface area contributed by atoms with Crippen LogP contribution in [0.5, 0.6) is 0 Å². The maximum atomic E-state index is 4.00. The van der Waals surface area contributed by atoms with Gasteiger partial charge in [-0.05, 0) is 50.8 Å². The highest BCUT2D eigenvalue weighted by molar-refractivity contribution is 7.99. The summed E-state index contributed by atoms with van der Waals surface area (Å²) in [6.45, 7) is 6.61. The molecule has 1 N–H and O–H groups in total. The SMILES string of the molecule is CSC(C)(C)CNCCc1ccncc1. The monoisotopic (exact) mass is 224 g/mol. The van der Waals surface area contributed by atoms with E-state index in [1.54, 1.807) is 0 Å². The van der Waals surface area contributed by atoms with Crippen molar-refractivity contribution in [3.63, 3.8) is 0 Å². The molecule has 0 radical (unpaired) electrons. The van der Waals surface area contributed by atoms with E-state index in [0.29, 0.717) is 4.75 Å². The Hall–Kier alpha value is -0.540. The Balaban J connectivity index is 2.18. The lowest BCUT2D eigenvalue weighted by molar-refractivity contribution is 0.592. The molecule has 0 bridgehead atoms. The van der Waals surface area contributed by atoms with E-state index in [0.717, 1.165) is 19.5 Å². The minimum atomic E-state index is 0.332. The van der Waals surface area contributed by atoms with Gasteiger partial charge in [0.1, 0.15) is 0 Å². The van der Waals surface area contributed by atoms with Gasteiger partial charge in [0, 0.05) is 23.7 Å². The van der Waals surface area contributed by atoms with Crippen molar-refractivity contribution in [3.8, 4) is 0 Å². The number of hydrogen-bond acceptors (Lipinski definition) is 3. The topological polar surface area (TPSA) is 24.9 Å². The molecule has 1 aromatic heterocycles. The summed E-state index contributed by atoms with van der Waals surface area (Å²) in [7, 11) is 0. The molecule has 1 aromatic rings. The number of rotatable bonds is 6. The first-order valence-corrected chi connectivity index (χ1v) is 6.51. The quantitative estimate of drug-likeness (QED) is 0.751. The zero-order valence-corrected chi connectivity index (χ0v) is 10.6. The number of pyridine rings is 1. The first kappa shape index (κ1) is 12.5. The minimum Gasteiger partial charge on any atom is -0.315 e. The van der Waals surface area contributed by atoms with E-state index < -0.39 is 0 Å². The van der Waals surface area contributed by atoms with E-state index in [-0.39, 0.29) is 0 Å². The number of hydrogen-bond donors (Lipinski definition) is 1. The van der Waals surface area contributed by atoms with Crippen molar-refractivity contribution < 1.29 is 0 Å². The summed E-state index contributed by atoms with van der Waals surface area (Å²) in [6, 6.07) is 4.14. The summed E-state index contributed by atoms with van der Waals surface area (Å²) in [6.07, 6.45) is 6.93. The van der Waals surface area contributed by atoms with Gasteiger partial charge >= 0.3 is 0 Å². The molecule has 0 aliphatic carbocycles. The molecule has 0 fully saturated rings. The summed E-state index contributed by atoms with van der Waals surface area (Å²) in [4.78, 5) is 4.00. The fourth-order valence-corrected chi connectivity index (χ4v) is 1.49. The zero-order valence-electron chi connectivity index (χ0n) is 9.79. The van der Waals surface area contributed by atoms with Crippen LogP contribution in [0.1, 0.15) is 19.4 Å². The Bertz CT molecular complexity index is 272. The fraction of sp³-hybridized carbons (Fsp3) is 0.583. The first-order valence-electron chi connectivity index (χ1n) is 5.29. The van der Waals surface area contributed by atoms with Crippen LogP contribution in [0.3, 0.4) is 0 Å². The van der Waals surface area contributed by atoms with Gasteiger partial charge in [0.2, 0.25) is 0 Å². The van der Waals surface area contributed by atoms with Crippen molar-refractivity contribution in [2.45, 2.75) is 25.0 Å². The standard InChI is InChI=1S/C12H20N2S/c1-12(2,15-3)10-14-9-6-11-4-7-13-8-5-11/h4-5,7-8,14H,6,9-10H2,1-3H3. The molecule has 3 heteroatoms. The number of nitrogens with one attached hydrogen (secondary N) is 1. The van der Waals surface area contributed by atoms with E-state index in [4.69, 9.17) is 0 Å². The van der Waals surface area contributed by atoms with Crippen molar-refractivity contribution in [3.05, 3.63) is 30.1 Å². The number of thioether (sulfide) groups is 1. The highest BCUT2D eigenvalue weighted by atomic mass is 32.2. The highest BCUT2D eigenvalue weighted by Gasteiger charge is 2.14. The molecule has 84 valence electrons. The molecule has 1 heterocycles. The maximum absolute atomic E-state index is 4.00. The van der Waals surface area contributed by atoms with Crippen LogP contribution < -0.4 is 5.32 Å². The van der Waals surface area contributed by atoms with Crippen LogP contribution in [0.15, 0.2) is 24.5 Å². The molecule has 15 heavy (non-hydrogen) atoms. The average molecular weight is 224 g/mol. The average Bonchev–Trinajstić information content (AvgIpc) is 2.26. The Morgan fingerprint density at radius 2 is 2.00 bits per heavy atom. The van der Waals surface area contributed by atoms with Crippen LogP contribution in [0.2, 0.25) is 0 Å². The molecule has 2 nitrogen and oxygen atoms in total. The van der Waals surface area contributed by atoms with Crippen molar-refractivity contribution in [1.82, 2.24) is 10.3 Å². The predicted molar refractivity (Wildman–Crippen MR) is 68.4 cm³/mol. The van der Waals surface area contributed by atoms with E-state index >= 15 is 0 Å². The van der Waals surface area contributed by atoms with Gasteiger partial charge in [-0.3, -0.25) is 4.98 Å². The van der Waals surface area contributed by atoms with Crippen LogP contribution >= 0.6 is 11.8 Å². The normalized spacial score (nSPS) is 11.7. The van der Waals surface area contributed by atoms with Crippen molar-refractivity contribution in [2.75, 3.05) is 19.3 Å². The Morgan fingerprint density at radius 3 is 2.60 bits per heavy atom. The van der Waals surface area contributed by atoms with Gasteiger partial charge in [-0.15, -0.1) is 0 Å². The summed E-state index contributed by atoms with van der Waals surface area (Å²) in [5.74, 6) is 0. The number of aromatic nitrogens is 1. The van der Waals surface area contributed by atoms with Crippen LogP contribution in [0, 0.1) is 0 Å². The predicted octanol–water partition coefficient (Wildman–Crippen LogP) is 2.36. The van der Waals surface area contributed by atoms with Gasteiger partial charge in [0.15, 0.2) is 0 Å². The second-order valence-electron chi connectivity index (χ2n) is 4.25. The van der Waals surface area contributed by atoms with E-state index in [2.05, 4.69) is 42.5 Å². The lowest BCUT2D eigenvalue weighted by Crippen LogP contribution is -2.33. The molecular weight excluding hydrogens is 204 g/mol. The van der Waals surface area contributed by atoms with Gasteiger partial charge in [0.05, 0.1) is 0 Å². The number of nitrogens with zero attached hydrogens (tertiary/aromatic N) is 1. The van der Waals surface area contributed by atoms with Crippen molar-refractivity contribution in [1.29, 1.82) is 0 Å². The molecule has 1 rings (SSSR count). The second-order valence-corrected chi connectivity index (χ2v) is 5.76. The lowest BCUT2D eigenvalue weighted by Gasteiger charge is -2.22. The van der Waals surface area contributed by atoms with E-state index in [9.17, 15) is 0 Å². The van der Waals surface area contributed by atoms with Crippen LogP contribution in [0.25, 0.3) is 0 Å². The Morgan fingerprint density at radius 1 is 1.33 bits per heavy atom. The van der Waals surface area contributed by atoms with Crippen LogP contribution in [-0.4, -0.2) is 29.1 Å². The zero-order chi connectivity index (χ0) is 11.1. The third kappa shape index (κ3) is 5.19. The third-order valence-corrected chi connectivity index (χ3v) is 3.69. The van der Waals surface area contributed by atoms with E-state index in [1.165, 1.54) is 5.56 Å². The lowest BCUT2D eigenvalue weighted by atomic mass is 10.2. The van der Waals surface area contributed by atoms with Gasteiger partial charge in [-0.25, -0.2) is 0 Å². The third-order valence-electron chi connectivity index (χ3n) is 2.44. The first-order chi connectivity index (χ1) is 7.14. The van der Waals surface area contributed by atoms with Gasteiger partial charge in [0.25, 0.3) is 0 Å². The summed E-state index contributed by atoms with van der Waals surface area (Å²) in [5.41, 5.74) is 1.35. The Kier molecular flexibility index (Phi) is 5.12. The van der Waals surface area contributed by atoms with Gasteiger partial charge in [-0.2, -0.15) is 11.8 Å². The molecule has 0 aliphatic heterocycles. The molecule has 0 saturated carbocycles. The smallest absolute Gasteiger partial charge is 0.0270 e. The summed E-state index contributed by atoms with van der Waals surface area (Å²) in [5, 5.41) is 3.48. The summed E-state index contributed by atoms with van der Waals surface area (Å²) < 4.78 is 0.332. The molecule has 0 aliphatic rings. The Labute approximate surface area is 96.9 Å². The maximum Gasteiger partial charge on any atom is 0.0270 e. The molecular formula is C12H20N2S. The molecule has 0 atom stereocenters. The van der Waals surface area contributed by atoms with Crippen LogP contribution in [0.4, 0.5) is 0 Å². The van der Waals surface area contributed by atoms with Gasteiger partial charge in [-0.1, -0.05) is 0 Å². The van der Waals surface area contributed by atoms with E-state index in [1.807, 2.05) is 24.2 Å². The fourth-order valence-electron chi connectivity index (χ4n) is 1.24. The summed E-state index contributed by atoms with van der Waals surface area (Å²) >= 11 is 1.90. The van der Waals surface area contributed by atoms with Crippen LogP contribution in [-0.2, 0) is 6.42 Å². The molecule has 0 amide bonds. The molecule has 0 saturated heterocycles. The van der Waals surface area contributed by atoms with Crippen molar-refractivity contribution in [2.24, 2.45) is 0 Å². The van der Waals surface area contributed by atoms with Gasteiger partial charge < -0.3 is 5.32 Å². The molecule has 0 aromatic carbocycles. The molecule has 0 unspecified atom stereocenters. The second kappa shape index (κ2) is 6.13.